The van der Waals surface area contributed by atoms with Crippen molar-refractivity contribution in [1.82, 2.24) is 0 Å². The Morgan fingerprint density at radius 3 is 1.82 bits per heavy atom. The zero-order valence-electron chi connectivity index (χ0n) is 10.9. The van der Waals surface area contributed by atoms with Gasteiger partial charge >= 0.3 is 18.4 Å². The van der Waals surface area contributed by atoms with E-state index in [4.69, 9.17) is 10.8 Å². The summed E-state index contributed by atoms with van der Waals surface area (Å²) in [7, 11) is 0. The summed E-state index contributed by atoms with van der Waals surface area (Å²) < 4.78 is 79.0. The largest absolute Gasteiger partial charge is 0.465 e. The number of hydrogen-bond acceptors (Lipinski definition) is 2. The van der Waals surface area contributed by atoms with E-state index < -0.39 is 42.4 Å². The van der Waals surface area contributed by atoms with E-state index in [1.54, 1.807) is 0 Å². The molecule has 0 spiro atoms. The predicted octanol–water partition coefficient (Wildman–Crippen LogP) is 3.49. The van der Waals surface area contributed by atoms with E-state index in [1.807, 2.05) is 5.32 Å². The summed E-state index contributed by atoms with van der Waals surface area (Å²) in [5, 5.41) is 10.3. The Balaban J connectivity index is 3.42. The number of halogens is 6. The summed E-state index contributed by atoms with van der Waals surface area (Å²) in [5.74, 6) is 0. The molecule has 0 bridgehead atoms. The second-order valence-corrected chi connectivity index (χ2v) is 4.45. The number of carbonyl (C=O) groups is 1. The van der Waals surface area contributed by atoms with Crippen LogP contribution in [-0.4, -0.2) is 30.1 Å². The Morgan fingerprint density at radius 1 is 1.05 bits per heavy atom. The molecule has 0 aliphatic carbocycles. The minimum absolute atomic E-state index is 0.151. The SMILES string of the molecule is NCCC(c1ccc(NC(=O)O)cc1)(C(F)(F)F)C(F)(F)F. The van der Waals surface area contributed by atoms with Crippen molar-refractivity contribution in [1.29, 1.82) is 0 Å². The molecule has 10 heteroatoms. The molecule has 1 aromatic rings. The van der Waals surface area contributed by atoms with Crippen LogP contribution >= 0.6 is 0 Å². The summed E-state index contributed by atoms with van der Waals surface area (Å²) in [6.45, 7) is -0.825. The quantitative estimate of drug-likeness (QED) is 0.740. The van der Waals surface area contributed by atoms with Gasteiger partial charge in [0.05, 0.1) is 0 Å². The third kappa shape index (κ3) is 3.26. The van der Waals surface area contributed by atoms with E-state index in [2.05, 4.69) is 0 Å². The minimum atomic E-state index is -5.60. The van der Waals surface area contributed by atoms with Gasteiger partial charge in [-0.05, 0) is 30.7 Å². The lowest BCUT2D eigenvalue weighted by molar-refractivity contribution is -0.304. The molecule has 0 aliphatic rings. The van der Waals surface area contributed by atoms with Gasteiger partial charge in [-0.1, -0.05) is 12.1 Å². The van der Waals surface area contributed by atoms with Gasteiger partial charge in [0.15, 0.2) is 5.41 Å². The minimum Gasteiger partial charge on any atom is -0.465 e. The van der Waals surface area contributed by atoms with Gasteiger partial charge < -0.3 is 10.8 Å². The molecule has 0 aromatic heterocycles. The molecule has 0 fully saturated rings. The molecule has 1 aromatic carbocycles. The van der Waals surface area contributed by atoms with E-state index in [0.29, 0.717) is 12.1 Å². The fourth-order valence-electron chi connectivity index (χ4n) is 2.09. The number of hydrogen-bond donors (Lipinski definition) is 3. The van der Waals surface area contributed by atoms with Crippen LogP contribution in [0, 0.1) is 0 Å². The lowest BCUT2D eigenvalue weighted by Crippen LogP contribution is -2.55. The van der Waals surface area contributed by atoms with Crippen molar-refractivity contribution in [3.8, 4) is 0 Å². The van der Waals surface area contributed by atoms with E-state index in [9.17, 15) is 31.1 Å². The first-order chi connectivity index (χ1) is 9.95. The Bertz CT molecular complexity index is 510. The van der Waals surface area contributed by atoms with Crippen molar-refractivity contribution >= 4 is 11.8 Å². The Labute approximate surface area is 120 Å². The summed E-state index contributed by atoms with van der Waals surface area (Å²) in [5.41, 5.74) is -0.348. The van der Waals surface area contributed by atoms with E-state index in [-0.39, 0.29) is 5.69 Å². The zero-order chi connectivity index (χ0) is 17.2. The smallest absolute Gasteiger partial charge is 0.409 e. The van der Waals surface area contributed by atoms with Crippen LogP contribution in [0.25, 0.3) is 0 Å². The second kappa shape index (κ2) is 6.03. The molecule has 1 amide bonds. The predicted molar refractivity (Wildman–Crippen MR) is 65.5 cm³/mol. The highest BCUT2D eigenvalue weighted by molar-refractivity contribution is 5.82. The van der Waals surface area contributed by atoms with Crippen molar-refractivity contribution in [2.24, 2.45) is 5.73 Å². The molecule has 4 nitrogen and oxygen atoms in total. The van der Waals surface area contributed by atoms with Crippen molar-refractivity contribution in [2.75, 3.05) is 11.9 Å². The number of anilines is 1. The maximum atomic E-state index is 13.2. The average Bonchev–Trinajstić information content (AvgIpc) is 2.33. The lowest BCUT2D eigenvalue weighted by Gasteiger charge is -2.37. The maximum absolute atomic E-state index is 13.2. The van der Waals surface area contributed by atoms with Crippen molar-refractivity contribution in [2.45, 2.75) is 24.2 Å². The van der Waals surface area contributed by atoms with E-state index in [0.717, 1.165) is 12.1 Å². The van der Waals surface area contributed by atoms with E-state index >= 15 is 0 Å². The number of carboxylic acid groups (broad SMARTS) is 1. The van der Waals surface area contributed by atoms with Crippen molar-refractivity contribution in [3.05, 3.63) is 29.8 Å². The Kier molecular flexibility index (Phi) is 4.96. The lowest BCUT2D eigenvalue weighted by atomic mass is 9.76. The van der Waals surface area contributed by atoms with Crippen LogP contribution in [0.3, 0.4) is 0 Å². The van der Waals surface area contributed by atoms with Crippen LogP contribution in [-0.2, 0) is 5.41 Å². The van der Waals surface area contributed by atoms with Gasteiger partial charge in [0.1, 0.15) is 0 Å². The Morgan fingerprint density at radius 2 is 1.50 bits per heavy atom. The summed E-state index contributed by atoms with van der Waals surface area (Å²) in [4.78, 5) is 10.4. The molecule has 0 saturated carbocycles. The molecule has 0 heterocycles. The molecule has 1 rings (SSSR count). The number of nitrogens with one attached hydrogen (secondary N) is 1. The summed E-state index contributed by atoms with van der Waals surface area (Å²) in [6, 6.07) is 2.82. The topological polar surface area (TPSA) is 75.3 Å². The van der Waals surface area contributed by atoms with Gasteiger partial charge in [0.2, 0.25) is 0 Å². The first kappa shape index (κ1) is 18.1. The molecule has 0 atom stereocenters. The molecular formula is C12H12F6N2O2. The highest BCUT2D eigenvalue weighted by atomic mass is 19.4. The molecule has 22 heavy (non-hydrogen) atoms. The third-order valence-electron chi connectivity index (χ3n) is 3.12. The molecule has 124 valence electrons. The molecule has 0 radical (unpaired) electrons. The van der Waals surface area contributed by atoms with Gasteiger partial charge in [-0.2, -0.15) is 26.3 Å². The third-order valence-corrected chi connectivity index (χ3v) is 3.12. The van der Waals surface area contributed by atoms with Gasteiger partial charge in [-0.3, -0.25) is 5.32 Å². The first-order valence-corrected chi connectivity index (χ1v) is 5.89. The molecule has 0 aliphatic heterocycles. The monoisotopic (exact) mass is 330 g/mol. The van der Waals surface area contributed by atoms with Crippen LogP contribution in [0.5, 0.6) is 0 Å². The first-order valence-electron chi connectivity index (χ1n) is 5.89. The molecule has 0 unspecified atom stereocenters. The van der Waals surface area contributed by atoms with Crippen LogP contribution in [0.1, 0.15) is 12.0 Å². The van der Waals surface area contributed by atoms with E-state index in [1.165, 1.54) is 0 Å². The van der Waals surface area contributed by atoms with Crippen LogP contribution in [0.4, 0.5) is 36.8 Å². The maximum Gasteiger partial charge on any atom is 0.409 e. The summed E-state index contributed by atoms with van der Waals surface area (Å²) in [6.07, 6.45) is -14.1. The number of nitrogens with two attached hydrogens (primary N) is 1. The number of benzene rings is 1. The zero-order valence-corrected chi connectivity index (χ0v) is 10.9. The number of rotatable bonds is 4. The van der Waals surface area contributed by atoms with Gasteiger partial charge in [-0.25, -0.2) is 4.79 Å². The number of alkyl halides is 6. The van der Waals surface area contributed by atoms with Crippen LogP contribution in [0.15, 0.2) is 24.3 Å². The van der Waals surface area contributed by atoms with Gasteiger partial charge in [-0.15, -0.1) is 0 Å². The van der Waals surface area contributed by atoms with Crippen molar-refractivity contribution in [3.63, 3.8) is 0 Å². The molecule has 4 N–H and O–H groups in total. The van der Waals surface area contributed by atoms with Gasteiger partial charge in [0, 0.05) is 5.69 Å². The number of amides is 1. The van der Waals surface area contributed by atoms with Crippen LogP contribution < -0.4 is 11.1 Å². The van der Waals surface area contributed by atoms with Gasteiger partial charge in [0.25, 0.3) is 0 Å². The fraction of sp³-hybridized carbons (Fsp3) is 0.417. The van der Waals surface area contributed by atoms with Crippen LogP contribution in [0.2, 0.25) is 0 Å². The highest BCUT2D eigenvalue weighted by Gasteiger charge is 2.70. The summed E-state index contributed by atoms with van der Waals surface area (Å²) >= 11 is 0. The standard InChI is InChI=1S/C12H12F6N2O2/c13-11(14,15)10(5-6-19,12(16,17)18)7-1-3-8(4-2-7)20-9(21)22/h1-4,20H,5-6,19H2,(H,21,22). The average molecular weight is 330 g/mol. The fourth-order valence-corrected chi connectivity index (χ4v) is 2.09. The highest BCUT2D eigenvalue weighted by Crippen LogP contribution is 2.54. The molecule has 0 saturated heterocycles. The molecular weight excluding hydrogens is 318 g/mol. The van der Waals surface area contributed by atoms with Crippen molar-refractivity contribution < 1.29 is 36.2 Å². The normalized spacial score (nSPS) is 13.0. The Hall–Kier alpha value is -1.97. The second-order valence-electron chi connectivity index (χ2n) is 4.45.